The number of nitrogens with zero attached hydrogens (tertiary/aromatic N) is 4. The molecular weight excluding hydrogens is 260 g/mol. The maximum absolute atomic E-state index is 5.89. The summed E-state index contributed by atoms with van der Waals surface area (Å²) in [7, 11) is 1.93. The maximum Gasteiger partial charge on any atom is 0.115 e. The SMILES string of the molecule is Cc1nn(C)cc1-n1c(CCCl)nc2ccccc21. The Morgan fingerprint density at radius 1 is 1.26 bits per heavy atom. The normalized spacial score (nSPS) is 11.3. The number of rotatable bonds is 3. The average Bonchev–Trinajstić information content (AvgIpc) is 2.89. The van der Waals surface area contributed by atoms with Crippen molar-refractivity contribution in [3.63, 3.8) is 0 Å². The zero-order chi connectivity index (χ0) is 13.4. The molecule has 0 aliphatic rings. The second-order valence-corrected chi connectivity index (χ2v) is 4.94. The summed E-state index contributed by atoms with van der Waals surface area (Å²) in [4.78, 5) is 4.67. The van der Waals surface area contributed by atoms with Gasteiger partial charge in [0, 0.05) is 25.5 Å². The molecule has 2 aromatic heterocycles. The van der Waals surface area contributed by atoms with E-state index in [1.807, 2.05) is 43.0 Å². The summed E-state index contributed by atoms with van der Waals surface area (Å²) in [6.07, 6.45) is 2.76. The predicted molar refractivity (Wildman–Crippen MR) is 77.0 cm³/mol. The number of imidazole rings is 1. The van der Waals surface area contributed by atoms with Crippen LogP contribution in [0.3, 0.4) is 0 Å². The highest BCUT2D eigenvalue weighted by atomic mass is 35.5. The van der Waals surface area contributed by atoms with E-state index in [2.05, 4.69) is 20.7 Å². The van der Waals surface area contributed by atoms with Crippen LogP contribution in [-0.2, 0) is 13.5 Å². The van der Waals surface area contributed by atoms with Gasteiger partial charge in [-0.05, 0) is 19.1 Å². The molecule has 0 spiro atoms. The van der Waals surface area contributed by atoms with Crippen molar-refractivity contribution < 1.29 is 0 Å². The second-order valence-electron chi connectivity index (χ2n) is 4.56. The van der Waals surface area contributed by atoms with Gasteiger partial charge in [-0.2, -0.15) is 5.10 Å². The molecule has 19 heavy (non-hydrogen) atoms. The highest BCUT2D eigenvalue weighted by Crippen LogP contribution is 2.23. The van der Waals surface area contributed by atoms with Crippen LogP contribution in [0.15, 0.2) is 30.5 Å². The van der Waals surface area contributed by atoms with E-state index < -0.39 is 0 Å². The first-order chi connectivity index (χ1) is 9.20. The molecule has 3 rings (SSSR count). The number of alkyl halides is 1. The third-order valence-corrected chi connectivity index (χ3v) is 3.37. The van der Waals surface area contributed by atoms with Gasteiger partial charge in [0.1, 0.15) is 5.82 Å². The molecule has 3 aromatic rings. The molecule has 4 nitrogen and oxygen atoms in total. The fourth-order valence-corrected chi connectivity index (χ4v) is 2.57. The highest BCUT2D eigenvalue weighted by Gasteiger charge is 2.15. The smallest absolute Gasteiger partial charge is 0.115 e. The van der Waals surface area contributed by atoms with Crippen molar-refractivity contribution in [2.75, 3.05) is 5.88 Å². The van der Waals surface area contributed by atoms with Crippen molar-refractivity contribution in [3.8, 4) is 5.69 Å². The Morgan fingerprint density at radius 2 is 2.05 bits per heavy atom. The first kappa shape index (κ1) is 12.2. The van der Waals surface area contributed by atoms with E-state index in [1.165, 1.54) is 0 Å². The first-order valence-corrected chi connectivity index (χ1v) is 6.77. The standard InChI is InChI=1S/C14H15ClN4/c1-10-13(9-18(2)17-10)19-12-6-4-3-5-11(12)16-14(19)7-8-15/h3-6,9H,7-8H2,1-2H3. The van der Waals surface area contributed by atoms with Gasteiger partial charge in [-0.25, -0.2) is 4.98 Å². The number of para-hydroxylation sites is 2. The molecule has 0 aliphatic carbocycles. The summed E-state index contributed by atoms with van der Waals surface area (Å²) >= 11 is 5.89. The number of hydrogen-bond donors (Lipinski definition) is 0. The molecule has 5 heteroatoms. The van der Waals surface area contributed by atoms with Gasteiger partial charge in [0.05, 0.1) is 22.4 Å². The van der Waals surface area contributed by atoms with Gasteiger partial charge < -0.3 is 0 Å². The Balaban J connectivity index is 2.31. The van der Waals surface area contributed by atoms with Crippen LogP contribution in [0.25, 0.3) is 16.7 Å². The van der Waals surface area contributed by atoms with Crippen molar-refractivity contribution in [2.24, 2.45) is 7.05 Å². The van der Waals surface area contributed by atoms with Crippen molar-refractivity contribution in [1.82, 2.24) is 19.3 Å². The molecule has 0 amide bonds. The van der Waals surface area contributed by atoms with Crippen molar-refractivity contribution >= 4 is 22.6 Å². The lowest BCUT2D eigenvalue weighted by Crippen LogP contribution is -2.02. The van der Waals surface area contributed by atoms with Crippen LogP contribution in [0.1, 0.15) is 11.5 Å². The molecule has 0 unspecified atom stereocenters. The van der Waals surface area contributed by atoms with E-state index in [0.717, 1.165) is 34.7 Å². The third-order valence-electron chi connectivity index (χ3n) is 3.18. The molecule has 2 heterocycles. The summed E-state index contributed by atoms with van der Waals surface area (Å²) in [5.41, 5.74) is 4.14. The third kappa shape index (κ3) is 2.02. The molecule has 0 saturated carbocycles. The molecule has 0 N–H and O–H groups in total. The van der Waals surface area contributed by atoms with E-state index in [-0.39, 0.29) is 0 Å². The van der Waals surface area contributed by atoms with Crippen LogP contribution in [0.4, 0.5) is 0 Å². The number of halogens is 1. The van der Waals surface area contributed by atoms with Gasteiger partial charge in [0.2, 0.25) is 0 Å². The van der Waals surface area contributed by atoms with Gasteiger partial charge >= 0.3 is 0 Å². The van der Waals surface area contributed by atoms with Crippen molar-refractivity contribution in [3.05, 3.63) is 42.0 Å². The number of aromatic nitrogens is 4. The minimum Gasteiger partial charge on any atom is -0.293 e. The van der Waals surface area contributed by atoms with E-state index in [0.29, 0.717) is 5.88 Å². The summed E-state index contributed by atoms with van der Waals surface area (Å²) in [6, 6.07) is 8.12. The van der Waals surface area contributed by atoms with Crippen molar-refractivity contribution in [1.29, 1.82) is 0 Å². The molecule has 0 bridgehead atoms. The lowest BCUT2D eigenvalue weighted by molar-refractivity contribution is 0.756. The molecular formula is C14H15ClN4. The zero-order valence-electron chi connectivity index (χ0n) is 11.0. The van der Waals surface area contributed by atoms with E-state index in [4.69, 9.17) is 11.6 Å². The largest absolute Gasteiger partial charge is 0.293 e. The molecule has 0 atom stereocenters. The summed E-state index contributed by atoms with van der Waals surface area (Å²) in [6.45, 7) is 2.01. The van der Waals surface area contributed by atoms with E-state index in [9.17, 15) is 0 Å². The Morgan fingerprint density at radius 3 is 2.74 bits per heavy atom. The number of hydrogen-bond acceptors (Lipinski definition) is 2. The Labute approximate surface area is 116 Å². The summed E-state index contributed by atoms with van der Waals surface area (Å²) in [5, 5.41) is 4.41. The zero-order valence-corrected chi connectivity index (χ0v) is 11.7. The van der Waals surface area contributed by atoms with Gasteiger partial charge in [0.25, 0.3) is 0 Å². The topological polar surface area (TPSA) is 35.6 Å². The molecule has 1 aromatic carbocycles. The lowest BCUT2D eigenvalue weighted by atomic mass is 10.3. The van der Waals surface area contributed by atoms with E-state index in [1.54, 1.807) is 0 Å². The van der Waals surface area contributed by atoms with Crippen molar-refractivity contribution in [2.45, 2.75) is 13.3 Å². The van der Waals surface area contributed by atoms with Gasteiger partial charge in [-0.3, -0.25) is 9.25 Å². The molecule has 98 valence electrons. The molecule has 0 fully saturated rings. The Hall–Kier alpha value is -1.81. The number of aryl methyl sites for hydroxylation is 3. The highest BCUT2D eigenvalue weighted by molar-refractivity contribution is 6.17. The predicted octanol–water partition coefficient (Wildman–Crippen LogP) is 2.85. The fourth-order valence-electron chi connectivity index (χ4n) is 2.40. The maximum atomic E-state index is 5.89. The Kier molecular flexibility index (Phi) is 3.03. The quantitative estimate of drug-likeness (QED) is 0.689. The fraction of sp³-hybridized carbons (Fsp3) is 0.286. The van der Waals surface area contributed by atoms with Crippen LogP contribution in [0, 0.1) is 6.92 Å². The minimum atomic E-state index is 0.558. The van der Waals surface area contributed by atoms with Crippen LogP contribution in [-0.4, -0.2) is 25.2 Å². The monoisotopic (exact) mass is 274 g/mol. The summed E-state index contributed by atoms with van der Waals surface area (Å²) < 4.78 is 3.98. The molecule has 0 aliphatic heterocycles. The summed E-state index contributed by atoms with van der Waals surface area (Å²) in [5.74, 6) is 1.54. The number of fused-ring (bicyclic) bond motifs is 1. The second kappa shape index (κ2) is 4.70. The first-order valence-electron chi connectivity index (χ1n) is 6.23. The lowest BCUT2D eigenvalue weighted by Gasteiger charge is -2.06. The van der Waals surface area contributed by atoms with Crippen LogP contribution in [0.5, 0.6) is 0 Å². The van der Waals surface area contributed by atoms with Crippen LogP contribution < -0.4 is 0 Å². The minimum absolute atomic E-state index is 0.558. The van der Waals surface area contributed by atoms with Crippen LogP contribution in [0.2, 0.25) is 0 Å². The van der Waals surface area contributed by atoms with Crippen LogP contribution >= 0.6 is 11.6 Å². The molecule has 0 saturated heterocycles. The van der Waals surface area contributed by atoms with Gasteiger partial charge in [0.15, 0.2) is 0 Å². The molecule has 0 radical (unpaired) electrons. The average molecular weight is 275 g/mol. The van der Waals surface area contributed by atoms with E-state index >= 15 is 0 Å². The number of benzene rings is 1. The van der Waals surface area contributed by atoms with Gasteiger partial charge in [-0.15, -0.1) is 11.6 Å². The Bertz CT molecular complexity index is 726. The van der Waals surface area contributed by atoms with Gasteiger partial charge in [-0.1, -0.05) is 12.1 Å².